The predicted octanol–water partition coefficient (Wildman–Crippen LogP) is 2.24. The zero-order valence-corrected chi connectivity index (χ0v) is 8.93. The number of imidazole rings is 1. The van der Waals surface area contributed by atoms with E-state index < -0.39 is 0 Å². The molecule has 0 spiro atoms. The molecule has 1 heterocycles. The Hall–Kier alpha value is -1.32. The lowest BCUT2D eigenvalue weighted by Gasteiger charge is -2.12. The zero-order valence-electron chi connectivity index (χ0n) is 8.18. The minimum Gasteiger partial charge on any atom is -0.336 e. The summed E-state index contributed by atoms with van der Waals surface area (Å²) in [5, 5.41) is 0.716. The fraction of sp³-hybridized carbons (Fsp3) is 0.182. The van der Waals surface area contributed by atoms with Gasteiger partial charge >= 0.3 is 0 Å². The summed E-state index contributed by atoms with van der Waals surface area (Å²) in [5.41, 5.74) is 7.09. The summed E-state index contributed by atoms with van der Waals surface area (Å²) in [5.74, 6) is 0. The maximum Gasteiger partial charge on any atom is 0.0946 e. The van der Waals surface area contributed by atoms with E-state index in [0.29, 0.717) is 11.6 Å². The van der Waals surface area contributed by atoms with Crippen LogP contribution >= 0.6 is 11.6 Å². The molecule has 0 aliphatic rings. The summed E-state index contributed by atoms with van der Waals surface area (Å²) in [6.45, 7) is 0.709. The molecule has 0 radical (unpaired) electrons. The smallest absolute Gasteiger partial charge is 0.0946 e. The maximum absolute atomic E-state index is 6.05. The normalized spacial score (nSPS) is 12.7. The Morgan fingerprint density at radius 3 is 3.00 bits per heavy atom. The van der Waals surface area contributed by atoms with Crippen molar-refractivity contribution >= 4 is 11.6 Å². The van der Waals surface area contributed by atoms with E-state index in [1.807, 2.05) is 35.0 Å². The van der Waals surface area contributed by atoms with Crippen molar-refractivity contribution in [3.8, 4) is 0 Å². The molecule has 78 valence electrons. The standard InChI is InChI=1S/C11H12ClN3/c12-10-3-1-2-9(6-10)11(13)7-15-5-4-14-8-15/h1-6,8,11H,7,13H2. The van der Waals surface area contributed by atoms with E-state index in [1.54, 1.807) is 12.5 Å². The highest BCUT2D eigenvalue weighted by atomic mass is 35.5. The van der Waals surface area contributed by atoms with Crippen LogP contribution in [0.5, 0.6) is 0 Å². The summed E-state index contributed by atoms with van der Waals surface area (Å²) in [4.78, 5) is 3.97. The molecule has 0 saturated carbocycles. The van der Waals surface area contributed by atoms with Crippen LogP contribution < -0.4 is 5.73 Å². The first-order chi connectivity index (χ1) is 7.25. The number of benzene rings is 1. The van der Waals surface area contributed by atoms with Gasteiger partial charge in [-0.05, 0) is 17.7 Å². The van der Waals surface area contributed by atoms with Crippen molar-refractivity contribution < 1.29 is 0 Å². The van der Waals surface area contributed by atoms with E-state index in [2.05, 4.69) is 4.98 Å². The molecular weight excluding hydrogens is 210 g/mol. The predicted molar refractivity (Wildman–Crippen MR) is 60.6 cm³/mol. The van der Waals surface area contributed by atoms with Crippen LogP contribution in [-0.4, -0.2) is 9.55 Å². The molecular formula is C11H12ClN3. The van der Waals surface area contributed by atoms with E-state index in [4.69, 9.17) is 17.3 Å². The second kappa shape index (κ2) is 4.47. The number of hydrogen-bond acceptors (Lipinski definition) is 2. The lowest BCUT2D eigenvalue weighted by molar-refractivity contribution is 0.576. The number of hydrogen-bond donors (Lipinski definition) is 1. The van der Waals surface area contributed by atoms with Crippen LogP contribution in [0.25, 0.3) is 0 Å². The van der Waals surface area contributed by atoms with Gasteiger partial charge in [0.2, 0.25) is 0 Å². The van der Waals surface area contributed by atoms with Crippen LogP contribution in [0, 0.1) is 0 Å². The Balaban J connectivity index is 2.11. The first kappa shape index (κ1) is 10.2. The van der Waals surface area contributed by atoms with E-state index in [1.165, 1.54) is 0 Å². The van der Waals surface area contributed by atoms with Crippen molar-refractivity contribution in [2.75, 3.05) is 0 Å². The van der Waals surface area contributed by atoms with Gasteiger partial charge in [0.05, 0.1) is 6.33 Å². The molecule has 1 aromatic heterocycles. The van der Waals surface area contributed by atoms with Crippen molar-refractivity contribution in [1.82, 2.24) is 9.55 Å². The first-order valence-electron chi connectivity index (χ1n) is 4.72. The molecule has 1 unspecified atom stereocenters. The van der Waals surface area contributed by atoms with Gasteiger partial charge < -0.3 is 10.3 Å². The summed E-state index contributed by atoms with van der Waals surface area (Å²) in [6.07, 6.45) is 5.39. The van der Waals surface area contributed by atoms with Crippen LogP contribution in [-0.2, 0) is 6.54 Å². The van der Waals surface area contributed by atoms with Crippen LogP contribution in [0.3, 0.4) is 0 Å². The van der Waals surface area contributed by atoms with Gasteiger partial charge in [0.25, 0.3) is 0 Å². The summed E-state index contributed by atoms with van der Waals surface area (Å²) in [6, 6.07) is 7.56. The third-order valence-electron chi connectivity index (χ3n) is 2.24. The third-order valence-corrected chi connectivity index (χ3v) is 2.48. The SMILES string of the molecule is NC(Cn1ccnc1)c1cccc(Cl)c1. The summed E-state index contributed by atoms with van der Waals surface area (Å²) >= 11 is 5.90. The number of aromatic nitrogens is 2. The Bertz CT molecular complexity index is 425. The van der Waals surface area contributed by atoms with Crippen molar-refractivity contribution in [2.45, 2.75) is 12.6 Å². The summed E-state index contributed by atoms with van der Waals surface area (Å²) < 4.78 is 1.95. The van der Waals surface area contributed by atoms with Crippen LogP contribution in [0.4, 0.5) is 0 Å². The second-order valence-corrected chi connectivity index (χ2v) is 3.86. The van der Waals surface area contributed by atoms with Gasteiger partial charge in [0, 0.05) is 30.0 Å². The first-order valence-corrected chi connectivity index (χ1v) is 5.10. The molecule has 1 aromatic carbocycles. The molecule has 0 amide bonds. The monoisotopic (exact) mass is 221 g/mol. The molecule has 3 nitrogen and oxygen atoms in total. The Labute approximate surface area is 93.5 Å². The molecule has 1 atom stereocenters. The highest BCUT2D eigenvalue weighted by Gasteiger charge is 2.06. The second-order valence-electron chi connectivity index (χ2n) is 3.42. The molecule has 15 heavy (non-hydrogen) atoms. The van der Waals surface area contributed by atoms with Crippen molar-refractivity contribution in [3.05, 3.63) is 53.6 Å². The van der Waals surface area contributed by atoms with Gasteiger partial charge in [-0.25, -0.2) is 4.98 Å². The Kier molecular flexibility index (Phi) is 3.04. The van der Waals surface area contributed by atoms with Gasteiger partial charge in [-0.15, -0.1) is 0 Å². The molecule has 2 N–H and O–H groups in total. The van der Waals surface area contributed by atoms with Gasteiger partial charge in [-0.2, -0.15) is 0 Å². The molecule has 0 saturated heterocycles. The minimum atomic E-state index is -0.0575. The molecule has 0 aliphatic heterocycles. The molecule has 0 aliphatic carbocycles. The van der Waals surface area contributed by atoms with Crippen molar-refractivity contribution in [3.63, 3.8) is 0 Å². The van der Waals surface area contributed by atoms with Crippen LogP contribution in [0.2, 0.25) is 5.02 Å². The number of halogens is 1. The minimum absolute atomic E-state index is 0.0575. The van der Waals surface area contributed by atoms with Crippen LogP contribution in [0.1, 0.15) is 11.6 Å². The van der Waals surface area contributed by atoms with Gasteiger partial charge in [0.15, 0.2) is 0 Å². The average Bonchev–Trinajstić information content (AvgIpc) is 2.70. The van der Waals surface area contributed by atoms with E-state index in [-0.39, 0.29) is 6.04 Å². The lowest BCUT2D eigenvalue weighted by atomic mass is 10.1. The van der Waals surface area contributed by atoms with E-state index in [9.17, 15) is 0 Å². The fourth-order valence-electron chi connectivity index (χ4n) is 1.46. The van der Waals surface area contributed by atoms with Gasteiger partial charge in [-0.3, -0.25) is 0 Å². The van der Waals surface area contributed by atoms with Gasteiger partial charge in [0.1, 0.15) is 0 Å². The Morgan fingerprint density at radius 1 is 1.47 bits per heavy atom. The number of rotatable bonds is 3. The molecule has 0 bridgehead atoms. The third kappa shape index (κ3) is 2.58. The molecule has 0 fully saturated rings. The highest BCUT2D eigenvalue weighted by molar-refractivity contribution is 6.30. The molecule has 2 rings (SSSR count). The quantitative estimate of drug-likeness (QED) is 0.864. The number of nitrogens with two attached hydrogens (primary N) is 1. The van der Waals surface area contributed by atoms with E-state index >= 15 is 0 Å². The number of nitrogens with zero attached hydrogens (tertiary/aromatic N) is 2. The molecule has 4 heteroatoms. The zero-order chi connectivity index (χ0) is 10.7. The largest absolute Gasteiger partial charge is 0.336 e. The Morgan fingerprint density at radius 2 is 2.33 bits per heavy atom. The topological polar surface area (TPSA) is 43.8 Å². The average molecular weight is 222 g/mol. The van der Waals surface area contributed by atoms with Gasteiger partial charge in [-0.1, -0.05) is 23.7 Å². The highest BCUT2D eigenvalue weighted by Crippen LogP contribution is 2.17. The van der Waals surface area contributed by atoms with E-state index in [0.717, 1.165) is 5.56 Å². The molecule has 2 aromatic rings. The van der Waals surface area contributed by atoms with Crippen molar-refractivity contribution in [2.24, 2.45) is 5.73 Å². The van der Waals surface area contributed by atoms with Crippen LogP contribution in [0.15, 0.2) is 43.0 Å². The fourth-order valence-corrected chi connectivity index (χ4v) is 1.66. The van der Waals surface area contributed by atoms with Crippen molar-refractivity contribution in [1.29, 1.82) is 0 Å². The maximum atomic E-state index is 6.05. The summed E-state index contributed by atoms with van der Waals surface area (Å²) in [7, 11) is 0. The lowest BCUT2D eigenvalue weighted by Crippen LogP contribution is -2.16.